The van der Waals surface area contributed by atoms with Gasteiger partial charge in [-0.25, -0.2) is 19.9 Å². The summed E-state index contributed by atoms with van der Waals surface area (Å²) in [7, 11) is 0. The molecule has 0 bridgehead atoms. The Kier molecular flexibility index (Phi) is 6.15. The monoisotopic (exact) mass is 664 g/mol. The van der Waals surface area contributed by atoms with E-state index in [2.05, 4.69) is 118 Å². The van der Waals surface area contributed by atoms with E-state index in [9.17, 15) is 0 Å². The first-order chi connectivity index (χ1) is 25.8. The lowest BCUT2D eigenvalue weighted by atomic mass is 10.0. The van der Waals surface area contributed by atoms with Gasteiger partial charge in [-0.15, -0.1) is 0 Å². The van der Waals surface area contributed by atoms with Crippen molar-refractivity contribution in [3.63, 3.8) is 0 Å². The van der Waals surface area contributed by atoms with Crippen molar-refractivity contribution in [1.82, 2.24) is 28.9 Å². The molecule has 0 aliphatic carbocycles. The van der Waals surface area contributed by atoms with Crippen molar-refractivity contribution in [1.29, 1.82) is 0 Å². The number of aromatic nitrogens is 6. The zero-order valence-electron chi connectivity index (χ0n) is 27.8. The highest BCUT2D eigenvalue weighted by Crippen LogP contribution is 2.41. The molecule has 11 aromatic rings. The van der Waals surface area contributed by atoms with Crippen LogP contribution in [0.15, 0.2) is 170 Å². The van der Waals surface area contributed by atoms with Gasteiger partial charge < -0.3 is 4.57 Å². The molecule has 0 amide bonds. The van der Waals surface area contributed by atoms with Gasteiger partial charge in [-0.1, -0.05) is 121 Å². The first-order valence-electron chi connectivity index (χ1n) is 17.4. The number of imidazole rings is 1. The third-order valence-corrected chi connectivity index (χ3v) is 10.1. The minimum absolute atomic E-state index is 0.629. The molecule has 6 nitrogen and oxygen atoms in total. The smallest absolute Gasteiger partial charge is 0.164 e. The number of benzene rings is 7. The Bertz CT molecular complexity index is 3100. The van der Waals surface area contributed by atoms with Crippen molar-refractivity contribution in [3.05, 3.63) is 170 Å². The largest absolute Gasteiger partial charge is 0.308 e. The minimum Gasteiger partial charge on any atom is -0.308 e. The molecule has 242 valence electrons. The number of para-hydroxylation sites is 4. The maximum atomic E-state index is 5.30. The van der Waals surface area contributed by atoms with Crippen LogP contribution < -0.4 is 0 Å². The summed E-state index contributed by atoms with van der Waals surface area (Å²) in [6, 6.07) is 59.0. The first kappa shape index (κ1) is 28.6. The number of fused-ring (bicyclic) bond motifs is 12. The zero-order chi connectivity index (χ0) is 34.2. The fourth-order valence-corrected chi connectivity index (χ4v) is 7.81. The van der Waals surface area contributed by atoms with Gasteiger partial charge in [-0.2, -0.15) is 0 Å². The number of rotatable bonds is 4. The van der Waals surface area contributed by atoms with Crippen LogP contribution >= 0.6 is 0 Å². The molecule has 0 aliphatic rings. The van der Waals surface area contributed by atoms with Crippen molar-refractivity contribution >= 4 is 60.2 Å². The third kappa shape index (κ3) is 4.25. The van der Waals surface area contributed by atoms with E-state index >= 15 is 0 Å². The topological polar surface area (TPSA) is 60.9 Å². The standard InChI is InChI=1S/C46H28N6/c1-3-13-29(14-4-1)43-48-44(30-15-5-2-6-16-30)50-45(49-43)31-23-25-32(26-24-31)51-38-20-10-8-18-34(38)36-28-27-35-33-17-7-11-21-39(33)52-40-22-12-9-19-37(40)47-46(52)41(35)42(36)51/h1-28H. The molecule has 6 heteroatoms. The highest BCUT2D eigenvalue weighted by Gasteiger charge is 2.21. The third-order valence-electron chi connectivity index (χ3n) is 10.1. The van der Waals surface area contributed by atoms with E-state index in [0.29, 0.717) is 17.5 Å². The first-order valence-corrected chi connectivity index (χ1v) is 17.4. The van der Waals surface area contributed by atoms with Gasteiger partial charge in [-0.3, -0.25) is 4.40 Å². The Hall–Kier alpha value is -7.18. The average molecular weight is 665 g/mol. The van der Waals surface area contributed by atoms with Gasteiger partial charge >= 0.3 is 0 Å². The molecule has 0 saturated heterocycles. The van der Waals surface area contributed by atoms with Crippen LogP contribution in [0.3, 0.4) is 0 Å². The van der Waals surface area contributed by atoms with Crippen molar-refractivity contribution in [2.45, 2.75) is 0 Å². The SMILES string of the molecule is c1ccc(-c2nc(-c3ccccc3)nc(-c3ccc(-n4c5ccccc5c5ccc6c7ccccc7n7c8ccccc8nc7c6c54)cc3)n2)cc1. The van der Waals surface area contributed by atoms with E-state index < -0.39 is 0 Å². The predicted molar refractivity (Wildman–Crippen MR) is 212 cm³/mol. The van der Waals surface area contributed by atoms with Crippen LogP contribution in [0, 0.1) is 0 Å². The number of nitrogens with zero attached hydrogens (tertiary/aromatic N) is 6. The van der Waals surface area contributed by atoms with Crippen LogP contribution in [-0.4, -0.2) is 28.9 Å². The predicted octanol–water partition coefficient (Wildman–Crippen LogP) is 11.1. The fourth-order valence-electron chi connectivity index (χ4n) is 7.81. The Balaban J connectivity index is 1.17. The second-order valence-corrected chi connectivity index (χ2v) is 13.1. The Morgan fingerprint density at radius 3 is 1.50 bits per heavy atom. The average Bonchev–Trinajstić information content (AvgIpc) is 3.78. The highest BCUT2D eigenvalue weighted by atomic mass is 15.0. The molecule has 52 heavy (non-hydrogen) atoms. The lowest BCUT2D eigenvalue weighted by molar-refractivity contribution is 1.07. The summed E-state index contributed by atoms with van der Waals surface area (Å²) in [5.74, 6) is 1.92. The molecular weight excluding hydrogens is 637 g/mol. The van der Waals surface area contributed by atoms with E-state index in [1.54, 1.807) is 0 Å². The summed E-state index contributed by atoms with van der Waals surface area (Å²) in [6.07, 6.45) is 0. The van der Waals surface area contributed by atoms with Gasteiger partial charge in [0.25, 0.3) is 0 Å². The molecule has 0 radical (unpaired) electrons. The quantitative estimate of drug-likeness (QED) is 0.176. The molecule has 0 fully saturated rings. The summed E-state index contributed by atoms with van der Waals surface area (Å²) < 4.78 is 4.72. The van der Waals surface area contributed by atoms with Crippen LogP contribution in [-0.2, 0) is 0 Å². The van der Waals surface area contributed by atoms with Crippen molar-refractivity contribution in [3.8, 4) is 39.9 Å². The highest BCUT2D eigenvalue weighted by molar-refractivity contribution is 6.27. The van der Waals surface area contributed by atoms with Gasteiger partial charge in [-0.05, 0) is 53.9 Å². The Morgan fingerprint density at radius 1 is 0.346 bits per heavy atom. The molecule has 4 aromatic heterocycles. The van der Waals surface area contributed by atoms with Crippen LogP contribution in [0.4, 0.5) is 0 Å². The van der Waals surface area contributed by atoms with Crippen LogP contribution in [0.25, 0.3) is 100 Å². The van der Waals surface area contributed by atoms with E-state index in [0.717, 1.165) is 61.0 Å². The van der Waals surface area contributed by atoms with Crippen molar-refractivity contribution < 1.29 is 0 Å². The summed E-state index contributed by atoms with van der Waals surface area (Å²) in [5, 5.41) is 5.89. The van der Waals surface area contributed by atoms with E-state index in [1.165, 1.54) is 21.5 Å². The fraction of sp³-hybridized carbons (Fsp3) is 0. The second kappa shape index (κ2) is 11.2. The molecule has 0 aliphatic heterocycles. The van der Waals surface area contributed by atoms with Gasteiger partial charge in [0.05, 0.1) is 33.0 Å². The lowest BCUT2D eigenvalue weighted by Gasteiger charge is -2.14. The normalized spacial score (nSPS) is 11.8. The molecular formula is C46H28N6. The van der Waals surface area contributed by atoms with E-state index in [-0.39, 0.29) is 0 Å². The van der Waals surface area contributed by atoms with Crippen molar-refractivity contribution in [2.24, 2.45) is 0 Å². The number of pyridine rings is 1. The molecule has 0 atom stereocenters. The lowest BCUT2D eigenvalue weighted by Crippen LogP contribution is -2.00. The summed E-state index contributed by atoms with van der Waals surface area (Å²) in [6.45, 7) is 0. The molecule has 0 spiro atoms. The number of hydrogen-bond acceptors (Lipinski definition) is 4. The molecule has 7 aromatic carbocycles. The van der Waals surface area contributed by atoms with Crippen LogP contribution in [0.5, 0.6) is 0 Å². The van der Waals surface area contributed by atoms with Crippen molar-refractivity contribution in [2.75, 3.05) is 0 Å². The van der Waals surface area contributed by atoms with Crippen LogP contribution in [0.1, 0.15) is 0 Å². The zero-order valence-corrected chi connectivity index (χ0v) is 27.8. The summed E-state index contributed by atoms with van der Waals surface area (Å²) in [5.41, 5.74) is 10.3. The Morgan fingerprint density at radius 2 is 0.846 bits per heavy atom. The van der Waals surface area contributed by atoms with Gasteiger partial charge in [0.15, 0.2) is 17.5 Å². The van der Waals surface area contributed by atoms with Gasteiger partial charge in [0.1, 0.15) is 5.65 Å². The number of hydrogen-bond donors (Lipinski definition) is 0. The van der Waals surface area contributed by atoms with Gasteiger partial charge in [0, 0.05) is 38.5 Å². The van der Waals surface area contributed by atoms with E-state index in [4.69, 9.17) is 19.9 Å². The minimum atomic E-state index is 0.629. The van der Waals surface area contributed by atoms with Crippen LogP contribution in [0.2, 0.25) is 0 Å². The molecule has 0 unspecified atom stereocenters. The summed E-state index contributed by atoms with van der Waals surface area (Å²) in [4.78, 5) is 20.1. The van der Waals surface area contributed by atoms with E-state index in [1.807, 2.05) is 60.7 Å². The molecule has 4 heterocycles. The summed E-state index contributed by atoms with van der Waals surface area (Å²) >= 11 is 0. The molecule has 0 saturated carbocycles. The van der Waals surface area contributed by atoms with Gasteiger partial charge in [0.2, 0.25) is 0 Å². The molecule has 11 rings (SSSR count). The Labute approximate surface area is 297 Å². The molecule has 0 N–H and O–H groups in total. The maximum absolute atomic E-state index is 5.30. The maximum Gasteiger partial charge on any atom is 0.164 e. The second-order valence-electron chi connectivity index (χ2n) is 13.1.